The van der Waals surface area contributed by atoms with Crippen molar-refractivity contribution in [3.63, 3.8) is 0 Å². The maximum Gasteiger partial charge on any atom is 0.294 e. The number of carbonyl (C=O) groups excluding carboxylic acids is 2. The number of aromatic nitrogens is 1. The predicted molar refractivity (Wildman–Crippen MR) is 123 cm³/mol. The van der Waals surface area contributed by atoms with E-state index in [0.29, 0.717) is 21.2 Å². The van der Waals surface area contributed by atoms with Crippen molar-refractivity contribution in [1.29, 1.82) is 0 Å². The Morgan fingerprint density at radius 2 is 1.69 bits per heavy atom. The lowest BCUT2D eigenvalue weighted by atomic mass is 9.89. The molecular formula is C20H12Cl5N3O4. The Balaban J connectivity index is 1.78. The molecular weight excluding hydrogens is 524 g/mol. The fourth-order valence-electron chi connectivity index (χ4n) is 3.86. The minimum atomic E-state index is -1.63. The van der Waals surface area contributed by atoms with Crippen LogP contribution in [-0.4, -0.2) is 21.3 Å². The third-order valence-corrected chi connectivity index (χ3v) is 7.06. The highest BCUT2D eigenvalue weighted by Crippen LogP contribution is 2.74. The second-order valence-electron chi connectivity index (χ2n) is 7.16. The summed E-state index contributed by atoms with van der Waals surface area (Å²) < 4.78 is 3.15. The topological polar surface area (TPSA) is 118 Å². The first-order valence-electron chi connectivity index (χ1n) is 8.92. The fourth-order valence-corrected chi connectivity index (χ4v) is 5.66. The molecule has 0 bridgehead atoms. The van der Waals surface area contributed by atoms with Crippen molar-refractivity contribution in [2.45, 2.75) is 15.7 Å². The summed E-state index contributed by atoms with van der Waals surface area (Å²) in [7, 11) is 0. The monoisotopic (exact) mass is 533 g/mol. The van der Waals surface area contributed by atoms with E-state index in [2.05, 4.69) is 5.32 Å². The Labute approximate surface area is 205 Å². The molecule has 2 unspecified atom stereocenters. The number of H-pyrrole nitrogens is 1. The normalized spacial score (nSPS) is 21.2. The van der Waals surface area contributed by atoms with Crippen LogP contribution in [0.5, 0.6) is 0 Å². The quantitative estimate of drug-likeness (QED) is 0.404. The lowest BCUT2D eigenvalue weighted by Gasteiger charge is -2.17. The van der Waals surface area contributed by atoms with Crippen LogP contribution in [-0.2, 0) is 10.2 Å². The van der Waals surface area contributed by atoms with Gasteiger partial charge in [0.15, 0.2) is 0 Å². The van der Waals surface area contributed by atoms with Gasteiger partial charge in [-0.1, -0.05) is 64.1 Å². The largest absolute Gasteiger partial charge is 0.373 e. The number of nitrogens with one attached hydrogen (secondary N) is 2. The molecule has 2 aromatic carbocycles. The van der Waals surface area contributed by atoms with Gasteiger partial charge in [-0.05, 0) is 41.5 Å². The van der Waals surface area contributed by atoms with Crippen LogP contribution in [0.25, 0.3) is 0 Å². The number of primary amides is 1. The molecule has 0 aliphatic heterocycles. The van der Waals surface area contributed by atoms with Crippen LogP contribution in [0.2, 0.25) is 15.1 Å². The zero-order chi connectivity index (χ0) is 23.4. The first-order chi connectivity index (χ1) is 15.0. The van der Waals surface area contributed by atoms with E-state index in [1.165, 1.54) is 24.3 Å². The SMILES string of the molecule is NC(=O)C1(c2ccc(Cl)c(NC(=O)c3cc(=O)[nH]o3)c2)C(c2cc(Cl)cc(Cl)c2)C1(Cl)Cl. The van der Waals surface area contributed by atoms with Gasteiger partial charge in [-0.25, -0.2) is 0 Å². The van der Waals surface area contributed by atoms with Gasteiger partial charge in [0.25, 0.3) is 11.5 Å². The Bertz CT molecular complexity index is 1300. The van der Waals surface area contributed by atoms with Gasteiger partial charge in [-0.3, -0.25) is 14.4 Å². The number of carbonyl (C=O) groups is 2. The van der Waals surface area contributed by atoms with Gasteiger partial charge in [0.2, 0.25) is 11.7 Å². The standard InChI is InChI=1S/C20H12Cl5N3O4/c21-10-3-8(4-11(22)6-10)16-19(18(26)31,20(16,24)25)9-1-2-12(23)13(5-9)27-17(30)14-7-15(29)28-32-14/h1-7,16H,(H2,26,31)(H,27,30)(H,28,29). The number of aromatic amines is 1. The molecule has 2 atom stereocenters. The molecule has 1 fully saturated rings. The molecule has 4 rings (SSSR count). The highest BCUT2D eigenvalue weighted by Gasteiger charge is 2.80. The van der Waals surface area contributed by atoms with Gasteiger partial charge < -0.3 is 15.6 Å². The predicted octanol–water partition coefficient (Wildman–Crippen LogP) is 4.87. The second kappa shape index (κ2) is 8.01. The molecule has 1 aromatic heterocycles. The van der Waals surface area contributed by atoms with E-state index in [0.717, 1.165) is 6.07 Å². The molecule has 2 amide bonds. The summed E-state index contributed by atoms with van der Waals surface area (Å²) >= 11 is 31.6. The number of nitrogens with two attached hydrogens (primary N) is 1. The molecule has 166 valence electrons. The summed E-state index contributed by atoms with van der Waals surface area (Å²) in [4.78, 5) is 36.3. The van der Waals surface area contributed by atoms with Crippen LogP contribution in [0.15, 0.2) is 51.8 Å². The van der Waals surface area contributed by atoms with E-state index in [1.54, 1.807) is 12.1 Å². The van der Waals surface area contributed by atoms with E-state index >= 15 is 0 Å². The van der Waals surface area contributed by atoms with Crippen molar-refractivity contribution in [2.24, 2.45) is 5.73 Å². The molecule has 0 spiro atoms. The average molecular weight is 536 g/mol. The Hall–Kier alpha value is -2.16. The number of halogens is 5. The summed E-state index contributed by atoms with van der Waals surface area (Å²) in [6.45, 7) is 0. The number of hydrogen-bond donors (Lipinski definition) is 3. The zero-order valence-corrected chi connectivity index (χ0v) is 19.5. The molecule has 0 saturated heterocycles. The number of benzene rings is 2. The maximum atomic E-state index is 12.7. The molecule has 0 radical (unpaired) electrons. The van der Waals surface area contributed by atoms with E-state index in [-0.39, 0.29) is 16.5 Å². The van der Waals surface area contributed by atoms with Gasteiger partial charge in [0, 0.05) is 16.0 Å². The van der Waals surface area contributed by atoms with Crippen molar-refractivity contribution in [2.75, 3.05) is 5.32 Å². The number of hydrogen-bond acceptors (Lipinski definition) is 4. The van der Waals surface area contributed by atoms with Gasteiger partial charge in [0.05, 0.1) is 16.8 Å². The van der Waals surface area contributed by atoms with Crippen molar-refractivity contribution >= 4 is 75.5 Å². The summed E-state index contributed by atoms with van der Waals surface area (Å²) in [5.74, 6) is -2.57. The lowest BCUT2D eigenvalue weighted by Crippen LogP contribution is -2.34. The smallest absolute Gasteiger partial charge is 0.294 e. The van der Waals surface area contributed by atoms with Crippen LogP contribution in [0, 0.1) is 0 Å². The molecule has 12 heteroatoms. The summed E-state index contributed by atoms with van der Waals surface area (Å²) in [6, 6.07) is 10.1. The molecule has 1 saturated carbocycles. The Morgan fingerprint density at radius 1 is 1.03 bits per heavy atom. The van der Waals surface area contributed by atoms with Crippen LogP contribution in [0.1, 0.15) is 27.6 Å². The van der Waals surface area contributed by atoms with Gasteiger partial charge in [-0.2, -0.15) is 5.16 Å². The number of rotatable bonds is 5. The maximum absolute atomic E-state index is 12.7. The molecule has 1 aliphatic carbocycles. The molecule has 7 nitrogen and oxygen atoms in total. The summed E-state index contributed by atoms with van der Waals surface area (Å²) in [6.07, 6.45) is 0. The minimum absolute atomic E-state index is 0.123. The van der Waals surface area contributed by atoms with Crippen molar-refractivity contribution in [3.8, 4) is 0 Å². The lowest BCUT2D eigenvalue weighted by molar-refractivity contribution is -0.120. The molecule has 4 N–H and O–H groups in total. The Kier molecular flexibility index (Phi) is 5.76. The zero-order valence-electron chi connectivity index (χ0n) is 15.7. The second-order valence-corrected chi connectivity index (χ2v) is 9.82. The van der Waals surface area contributed by atoms with Crippen LogP contribution in [0.4, 0.5) is 5.69 Å². The van der Waals surface area contributed by atoms with Crippen LogP contribution in [0.3, 0.4) is 0 Å². The average Bonchev–Trinajstić information content (AvgIpc) is 2.96. The molecule has 1 aliphatic rings. The molecule has 1 heterocycles. The summed E-state index contributed by atoms with van der Waals surface area (Å²) in [5.41, 5.74) is 4.58. The van der Waals surface area contributed by atoms with Crippen molar-refractivity contribution < 1.29 is 14.1 Å². The first-order valence-corrected chi connectivity index (χ1v) is 10.8. The van der Waals surface area contributed by atoms with Crippen LogP contribution >= 0.6 is 58.0 Å². The Morgan fingerprint density at radius 3 is 2.25 bits per heavy atom. The number of anilines is 1. The van der Waals surface area contributed by atoms with Crippen molar-refractivity contribution in [1.82, 2.24) is 5.16 Å². The number of alkyl halides is 2. The van der Waals surface area contributed by atoms with Crippen molar-refractivity contribution in [3.05, 3.63) is 84.8 Å². The number of amides is 2. The molecule has 3 aromatic rings. The third-order valence-electron chi connectivity index (χ3n) is 5.26. The van der Waals surface area contributed by atoms with E-state index < -0.39 is 33.0 Å². The van der Waals surface area contributed by atoms with E-state index in [1.807, 2.05) is 5.16 Å². The highest BCUT2D eigenvalue weighted by molar-refractivity contribution is 6.55. The first kappa shape index (κ1) is 23.0. The van der Waals surface area contributed by atoms with Gasteiger partial charge >= 0.3 is 0 Å². The highest BCUT2D eigenvalue weighted by atomic mass is 35.5. The third kappa shape index (κ3) is 3.58. The van der Waals surface area contributed by atoms with Gasteiger partial charge in [0.1, 0.15) is 9.75 Å². The van der Waals surface area contributed by atoms with E-state index in [4.69, 9.17) is 68.3 Å². The summed E-state index contributed by atoms with van der Waals surface area (Å²) in [5, 5.41) is 5.34. The van der Waals surface area contributed by atoms with Crippen LogP contribution < -0.4 is 16.6 Å². The van der Waals surface area contributed by atoms with E-state index in [9.17, 15) is 14.4 Å². The van der Waals surface area contributed by atoms with Gasteiger partial charge in [-0.15, -0.1) is 0 Å². The molecule has 32 heavy (non-hydrogen) atoms. The minimum Gasteiger partial charge on any atom is -0.373 e. The fraction of sp³-hybridized carbons (Fsp3) is 0.150.